The van der Waals surface area contributed by atoms with Gasteiger partial charge in [-0.15, -0.1) is 0 Å². The number of phenolic OH excluding ortho intramolecular Hbond substituents is 1. The second kappa shape index (κ2) is 9.62. The molecule has 1 aromatic heterocycles. The van der Waals surface area contributed by atoms with Gasteiger partial charge in [-0.1, -0.05) is 48.6 Å². The van der Waals surface area contributed by atoms with E-state index in [-0.39, 0.29) is 17.1 Å². The summed E-state index contributed by atoms with van der Waals surface area (Å²) in [7, 11) is 0. The lowest BCUT2D eigenvalue weighted by molar-refractivity contribution is 0.0952. The quantitative estimate of drug-likeness (QED) is 0.421. The molecule has 4 rings (SSSR count). The molecule has 0 fully saturated rings. The minimum atomic E-state index is -0.124. The van der Waals surface area contributed by atoms with E-state index >= 15 is 0 Å². The molecule has 2 N–H and O–H groups in total. The van der Waals surface area contributed by atoms with Crippen molar-refractivity contribution in [2.75, 3.05) is 6.54 Å². The van der Waals surface area contributed by atoms with Crippen molar-refractivity contribution < 1.29 is 9.90 Å². The van der Waals surface area contributed by atoms with Crippen LogP contribution < -0.4 is 5.32 Å². The number of benzene rings is 2. The predicted octanol–water partition coefficient (Wildman–Crippen LogP) is 5.01. The second-order valence-electron chi connectivity index (χ2n) is 8.57. The first-order chi connectivity index (χ1) is 15.9. The summed E-state index contributed by atoms with van der Waals surface area (Å²) >= 11 is 0. The molecule has 5 nitrogen and oxygen atoms in total. The van der Waals surface area contributed by atoms with Crippen molar-refractivity contribution in [1.82, 2.24) is 15.1 Å². The molecule has 0 saturated heterocycles. The predicted molar refractivity (Wildman–Crippen MR) is 130 cm³/mol. The largest absolute Gasteiger partial charge is 0.508 e. The first-order valence-corrected chi connectivity index (χ1v) is 11.0. The third-order valence-corrected chi connectivity index (χ3v) is 5.66. The Kier molecular flexibility index (Phi) is 6.46. The number of aromatic hydroxyl groups is 1. The van der Waals surface area contributed by atoms with Crippen LogP contribution in [0, 0.1) is 17.3 Å². The second-order valence-corrected chi connectivity index (χ2v) is 8.57. The van der Waals surface area contributed by atoms with E-state index in [9.17, 15) is 9.90 Å². The summed E-state index contributed by atoms with van der Waals surface area (Å²) < 4.78 is 1.72. The summed E-state index contributed by atoms with van der Waals surface area (Å²) in [5.74, 6) is 6.24. The van der Waals surface area contributed by atoms with Crippen LogP contribution in [0.15, 0.2) is 84.7 Å². The highest BCUT2D eigenvalue weighted by atomic mass is 16.3. The van der Waals surface area contributed by atoms with Crippen LogP contribution in [0.25, 0.3) is 5.69 Å². The van der Waals surface area contributed by atoms with Gasteiger partial charge in [-0.25, -0.2) is 4.68 Å². The summed E-state index contributed by atoms with van der Waals surface area (Å²) in [4.78, 5) is 12.8. The van der Waals surface area contributed by atoms with Gasteiger partial charge in [-0.3, -0.25) is 4.79 Å². The highest BCUT2D eigenvalue weighted by molar-refractivity contribution is 5.95. The highest BCUT2D eigenvalue weighted by Crippen LogP contribution is 2.33. The molecule has 33 heavy (non-hydrogen) atoms. The SMILES string of the molecule is CC1=CC(C)(CCCNC(=O)c2ccc(-n3cccn3)c(C#Cc3cccc(O)c3)c2)C=C1. The fraction of sp³-hybridized carbons (Fsp3) is 0.214. The Labute approximate surface area is 194 Å². The molecule has 0 bridgehead atoms. The van der Waals surface area contributed by atoms with Crippen LogP contribution in [-0.2, 0) is 0 Å². The van der Waals surface area contributed by atoms with E-state index < -0.39 is 0 Å². The highest BCUT2D eigenvalue weighted by Gasteiger charge is 2.21. The number of hydrogen-bond acceptors (Lipinski definition) is 3. The molecule has 0 aliphatic heterocycles. The van der Waals surface area contributed by atoms with Crippen molar-refractivity contribution in [3.8, 4) is 23.3 Å². The third kappa shape index (κ3) is 5.61. The zero-order valence-electron chi connectivity index (χ0n) is 18.9. The lowest BCUT2D eigenvalue weighted by Crippen LogP contribution is -2.25. The molecule has 5 heteroatoms. The van der Waals surface area contributed by atoms with Crippen molar-refractivity contribution in [1.29, 1.82) is 0 Å². The van der Waals surface area contributed by atoms with Gasteiger partial charge in [0.25, 0.3) is 5.91 Å². The number of phenols is 1. The van der Waals surface area contributed by atoms with E-state index in [1.165, 1.54) is 5.57 Å². The molecular formula is C28H27N3O2. The molecule has 1 amide bonds. The Hall–Kier alpha value is -4.04. The van der Waals surface area contributed by atoms with Gasteiger partial charge in [0, 0.05) is 35.5 Å². The van der Waals surface area contributed by atoms with Crippen LogP contribution in [0.1, 0.15) is 48.2 Å². The maximum absolute atomic E-state index is 12.8. The monoisotopic (exact) mass is 437 g/mol. The van der Waals surface area contributed by atoms with E-state index in [4.69, 9.17) is 0 Å². The van der Waals surface area contributed by atoms with Gasteiger partial charge in [-0.2, -0.15) is 5.10 Å². The van der Waals surface area contributed by atoms with Gasteiger partial charge in [-0.05, 0) is 62.2 Å². The normalized spacial score (nSPS) is 16.7. The third-order valence-electron chi connectivity index (χ3n) is 5.66. The van der Waals surface area contributed by atoms with E-state index in [0.29, 0.717) is 23.2 Å². The molecule has 1 aliphatic carbocycles. The van der Waals surface area contributed by atoms with Crippen molar-refractivity contribution >= 4 is 5.91 Å². The van der Waals surface area contributed by atoms with Crippen LogP contribution in [0.3, 0.4) is 0 Å². The van der Waals surface area contributed by atoms with Crippen LogP contribution in [0.4, 0.5) is 0 Å². The minimum absolute atomic E-state index is 0.0782. The molecule has 1 heterocycles. The Morgan fingerprint density at radius 2 is 2.06 bits per heavy atom. The van der Waals surface area contributed by atoms with Gasteiger partial charge >= 0.3 is 0 Å². The molecule has 1 atom stereocenters. The number of hydrogen-bond donors (Lipinski definition) is 2. The van der Waals surface area contributed by atoms with E-state index in [1.54, 1.807) is 41.2 Å². The summed E-state index contributed by atoms with van der Waals surface area (Å²) in [5.41, 5.74) is 4.07. The molecule has 0 saturated carbocycles. The molecule has 2 aromatic carbocycles. The number of rotatable bonds is 6. The summed E-state index contributed by atoms with van der Waals surface area (Å²) in [6.45, 7) is 4.94. The number of carbonyl (C=O) groups is 1. The smallest absolute Gasteiger partial charge is 0.251 e. The fourth-order valence-corrected chi connectivity index (χ4v) is 3.98. The Morgan fingerprint density at radius 1 is 1.18 bits per heavy atom. The average molecular weight is 438 g/mol. The fourth-order valence-electron chi connectivity index (χ4n) is 3.98. The summed E-state index contributed by atoms with van der Waals surface area (Å²) in [6, 6.07) is 14.1. The van der Waals surface area contributed by atoms with Crippen LogP contribution in [-0.4, -0.2) is 27.3 Å². The van der Waals surface area contributed by atoms with Crippen LogP contribution in [0.2, 0.25) is 0 Å². The maximum atomic E-state index is 12.8. The van der Waals surface area contributed by atoms with Gasteiger partial charge in [0.1, 0.15) is 5.75 Å². The van der Waals surface area contributed by atoms with Gasteiger partial charge in [0.05, 0.1) is 11.3 Å². The van der Waals surface area contributed by atoms with Crippen LogP contribution in [0.5, 0.6) is 5.75 Å². The molecular weight excluding hydrogens is 410 g/mol. The lowest BCUT2D eigenvalue weighted by atomic mass is 9.87. The van der Waals surface area contributed by atoms with E-state index in [0.717, 1.165) is 18.5 Å². The van der Waals surface area contributed by atoms with E-state index in [2.05, 4.69) is 54.3 Å². The number of aromatic nitrogens is 2. The molecule has 1 aliphatic rings. The number of carbonyl (C=O) groups excluding carboxylic acids is 1. The number of allylic oxidation sites excluding steroid dienone is 4. The average Bonchev–Trinajstić information content (AvgIpc) is 3.45. The zero-order chi connectivity index (χ0) is 23.3. The van der Waals surface area contributed by atoms with Crippen LogP contribution >= 0.6 is 0 Å². The molecule has 0 spiro atoms. The van der Waals surface area contributed by atoms with Gasteiger partial charge in [0.2, 0.25) is 0 Å². The zero-order valence-corrected chi connectivity index (χ0v) is 18.9. The lowest BCUT2D eigenvalue weighted by Gasteiger charge is -2.19. The van der Waals surface area contributed by atoms with E-state index in [1.807, 2.05) is 24.4 Å². The first-order valence-electron chi connectivity index (χ1n) is 11.0. The van der Waals surface area contributed by atoms with Crippen molar-refractivity contribution in [2.24, 2.45) is 5.41 Å². The maximum Gasteiger partial charge on any atom is 0.251 e. The molecule has 166 valence electrons. The Morgan fingerprint density at radius 3 is 2.79 bits per heavy atom. The summed E-state index contributed by atoms with van der Waals surface area (Å²) in [5, 5.41) is 17.0. The number of nitrogens with zero attached hydrogens (tertiary/aromatic N) is 2. The first kappa shape index (κ1) is 22.2. The topological polar surface area (TPSA) is 67.2 Å². The van der Waals surface area contributed by atoms with Crippen molar-refractivity contribution in [3.05, 3.63) is 101 Å². The molecule has 3 aromatic rings. The van der Waals surface area contributed by atoms with Gasteiger partial charge < -0.3 is 10.4 Å². The van der Waals surface area contributed by atoms with Crippen molar-refractivity contribution in [2.45, 2.75) is 26.7 Å². The Bertz CT molecular complexity index is 1280. The van der Waals surface area contributed by atoms with Crippen molar-refractivity contribution in [3.63, 3.8) is 0 Å². The minimum Gasteiger partial charge on any atom is -0.508 e. The number of amides is 1. The standard InChI is InChI=1S/C28H27N3O2/c1-21-12-14-28(2,20-21)13-4-15-29-27(33)24-10-11-26(31-17-5-16-30-31)23(19-24)9-8-22-6-3-7-25(32)18-22/h3,5-7,10-12,14,16-20,32H,4,13,15H2,1-2H3,(H,29,33). The number of nitrogens with one attached hydrogen (secondary N) is 1. The summed E-state index contributed by atoms with van der Waals surface area (Å²) in [6.07, 6.45) is 12.1. The molecule has 1 unspecified atom stereocenters. The van der Waals surface area contributed by atoms with Gasteiger partial charge in [0.15, 0.2) is 0 Å². The molecule has 0 radical (unpaired) electrons. The Balaban J connectivity index is 1.49.